The molecule has 0 radical (unpaired) electrons. The Labute approximate surface area is 178 Å². The highest BCUT2D eigenvalue weighted by molar-refractivity contribution is 5.80. The summed E-state index contributed by atoms with van der Waals surface area (Å²) in [5.41, 5.74) is 2.52. The highest BCUT2D eigenvalue weighted by Crippen LogP contribution is 2.13. The van der Waals surface area contributed by atoms with Crippen LogP contribution in [-0.4, -0.2) is 58.6 Å². The third-order valence-corrected chi connectivity index (χ3v) is 5.48. The van der Waals surface area contributed by atoms with E-state index in [0.29, 0.717) is 0 Å². The van der Waals surface area contributed by atoms with E-state index in [1.54, 1.807) is 0 Å². The maximum Gasteiger partial charge on any atom is 0.194 e. The Morgan fingerprint density at radius 3 is 2.53 bits per heavy atom. The summed E-state index contributed by atoms with van der Waals surface area (Å²) in [6, 6.07) is 14.7. The second-order valence-electron chi connectivity index (χ2n) is 7.49. The average molecular weight is 404 g/mol. The van der Waals surface area contributed by atoms with Gasteiger partial charge in [0.25, 0.3) is 0 Å². The van der Waals surface area contributed by atoms with E-state index < -0.39 is 0 Å². The quantitative estimate of drug-likeness (QED) is 0.524. The summed E-state index contributed by atoms with van der Waals surface area (Å²) in [4.78, 5) is 17.9. The van der Waals surface area contributed by atoms with Gasteiger partial charge in [-0.05, 0) is 30.2 Å². The largest absolute Gasteiger partial charge is 0.353 e. The molecular weight excluding hydrogens is 374 g/mol. The van der Waals surface area contributed by atoms with Crippen molar-refractivity contribution in [3.8, 4) is 0 Å². The fourth-order valence-corrected chi connectivity index (χ4v) is 3.81. The van der Waals surface area contributed by atoms with Crippen molar-refractivity contribution in [3.63, 3.8) is 0 Å². The van der Waals surface area contributed by atoms with Crippen molar-refractivity contribution in [1.29, 1.82) is 0 Å². The first-order valence-corrected chi connectivity index (χ1v) is 10.4. The number of piperazine rings is 1. The molecule has 7 nitrogen and oxygen atoms in total. The lowest BCUT2D eigenvalue weighted by molar-refractivity contribution is 0.371. The van der Waals surface area contributed by atoms with Crippen molar-refractivity contribution in [2.45, 2.75) is 20.0 Å². The van der Waals surface area contributed by atoms with Gasteiger partial charge in [-0.2, -0.15) is 0 Å². The molecule has 0 unspecified atom stereocenters. The third-order valence-electron chi connectivity index (χ3n) is 5.48. The molecule has 0 aliphatic carbocycles. The molecule has 156 valence electrons. The summed E-state index contributed by atoms with van der Waals surface area (Å²) in [6.07, 6.45) is 5.72. The third kappa shape index (κ3) is 4.79. The standard InChI is InChI=1S/C23H29N7/c1-19-25-10-11-30(19)18-21-7-5-6-20(16-21)17-27-23(24-2)29-14-12-28(13-15-29)22-8-3-4-9-26-22/h3-11,16H,12-15,17-18H2,1-2H3,(H,24,27). The smallest absolute Gasteiger partial charge is 0.194 e. The van der Waals surface area contributed by atoms with E-state index in [9.17, 15) is 0 Å². The van der Waals surface area contributed by atoms with Crippen LogP contribution in [0.4, 0.5) is 5.82 Å². The number of rotatable bonds is 5. The van der Waals surface area contributed by atoms with Gasteiger partial charge in [0, 0.05) is 64.9 Å². The van der Waals surface area contributed by atoms with E-state index >= 15 is 0 Å². The predicted molar refractivity (Wildman–Crippen MR) is 121 cm³/mol. The maximum absolute atomic E-state index is 4.50. The van der Waals surface area contributed by atoms with Crippen LogP contribution in [0, 0.1) is 6.92 Å². The molecule has 0 spiro atoms. The topological polar surface area (TPSA) is 61.6 Å². The van der Waals surface area contributed by atoms with Crippen LogP contribution in [0.5, 0.6) is 0 Å². The molecule has 3 heterocycles. The lowest BCUT2D eigenvalue weighted by atomic mass is 10.1. The van der Waals surface area contributed by atoms with Gasteiger partial charge in [-0.15, -0.1) is 0 Å². The van der Waals surface area contributed by atoms with Gasteiger partial charge >= 0.3 is 0 Å². The number of guanidine groups is 1. The SMILES string of the molecule is CN=C(NCc1cccc(Cn2ccnc2C)c1)N1CCN(c2ccccn2)CC1. The molecule has 0 atom stereocenters. The molecule has 7 heteroatoms. The van der Waals surface area contributed by atoms with Gasteiger partial charge in [0.2, 0.25) is 0 Å². The van der Waals surface area contributed by atoms with E-state index in [-0.39, 0.29) is 0 Å². The van der Waals surface area contributed by atoms with Crippen LogP contribution in [0.3, 0.4) is 0 Å². The monoisotopic (exact) mass is 403 g/mol. The lowest BCUT2D eigenvalue weighted by Gasteiger charge is -2.37. The summed E-state index contributed by atoms with van der Waals surface area (Å²) in [5.74, 6) is 3.03. The molecule has 0 bridgehead atoms. The van der Waals surface area contributed by atoms with Crippen LogP contribution < -0.4 is 10.2 Å². The van der Waals surface area contributed by atoms with Gasteiger partial charge < -0.3 is 19.7 Å². The number of hydrogen-bond donors (Lipinski definition) is 1. The second kappa shape index (κ2) is 9.43. The van der Waals surface area contributed by atoms with Crippen LogP contribution >= 0.6 is 0 Å². The normalized spacial score (nSPS) is 14.8. The van der Waals surface area contributed by atoms with Crippen LogP contribution in [0.25, 0.3) is 0 Å². The predicted octanol–water partition coefficient (Wildman–Crippen LogP) is 2.53. The van der Waals surface area contributed by atoms with Crippen molar-refractivity contribution in [1.82, 2.24) is 24.8 Å². The molecule has 0 amide bonds. The Kier molecular flexibility index (Phi) is 6.27. The van der Waals surface area contributed by atoms with Gasteiger partial charge in [-0.1, -0.05) is 30.3 Å². The number of hydrogen-bond acceptors (Lipinski definition) is 4. The van der Waals surface area contributed by atoms with Gasteiger partial charge in [0.1, 0.15) is 11.6 Å². The summed E-state index contributed by atoms with van der Waals surface area (Å²) in [5, 5.41) is 3.53. The molecular formula is C23H29N7. The Morgan fingerprint density at radius 1 is 1.00 bits per heavy atom. The molecule has 1 fully saturated rings. The van der Waals surface area contributed by atoms with Crippen molar-refractivity contribution in [3.05, 3.63) is 78.0 Å². The van der Waals surface area contributed by atoms with Crippen molar-refractivity contribution in [2.75, 3.05) is 38.1 Å². The zero-order chi connectivity index (χ0) is 20.8. The molecule has 1 saturated heterocycles. The Bertz CT molecular complexity index is 972. The molecule has 0 saturated carbocycles. The minimum Gasteiger partial charge on any atom is -0.353 e. The molecule has 1 aliphatic rings. The van der Waals surface area contributed by atoms with Crippen molar-refractivity contribution < 1.29 is 0 Å². The van der Waals surface area contributed by atoms with Gasteiger partial charge in [-0.25, -0.2) is 9.97 Å². The lowest BCUT2D eigenvalue weighted by Crippen LogP contribution is -2.52. The molecule has 1 N–H and O–H groups in total. The molecule has 3 aromatic rings. The molecule has 1 aromatic carbocycles. The number of anilines is 1. The fraction of sp³-hybridized carbons (Fsp3) is 0.348. The van der Waals surface area contributed by atoms with Gasteiger partial charge in [-0.3, -0.25) is 4.99 Å². The summed E-state index contributed by atoms with van der Waals surface area (Å²) >= 11 is 0. The number of aromatic nitrogens is 3. The van der Waals surface area contributed by atoms with Gasteiger partial charge in [0.05, 0.1) is 0 Å². The highest BCUT2D eigenvalue weighted by atomic mass is 15.4. The van der Waals surface area contributed by atoms with E-state index in [1.165, 1.54) is 11.1 Å². The summed E-state index contributed by atoms with van der Waals surface area (Å²) < 4.78 is 2.16. The first kappa shape index (κ1) is 19.9. The average Bonchev–Trinajstić information content (AvgIpc) is 3.20. The summed E-state index contributed by atoms with van der Waals surface area (Å²) in [6.45, 7) is 7.36. The van der Waals surface area contributed by atoms with E-state index in [2.05, 4.69) is 65.0 Å². The number of nitrogens with zero attached hydrogens (tertiary/aromatic N) is 6. The first-order chi connectivity index (χ1) is 14.7. The highest BCUT2D eigenvalue weighted by Gasteiger charge is 2.20. The number of benzene rings is 1. The van der Waals surface area contributed by atoms with Crippen molar-refractivity contribution in [2.24, 2.45) is 4.99 Å². The molecule has 1 aliphatic heterocycles. The van der Waals surface area contributed by atoms with Crippen LogP contribution in [0.1, 0.15) is 17.0 Å². The van der Waals surface area contributed by atoms with Crippen LogP contribution in [0.2, 0.25) is 0 Å². The fourth-order valence-electron chi connectivity index (χ4n) is 3.81. The van der Waals surface area contributed by atoms with E-state index in [4.69, 9.17) is 0 Å². The van der Waals surface area contributed by atoms with Crippen LogP contribution in [0.15, 0.2) is 66.0 Å². The number of nitrogens with one attached hydrogen (secondary N) is 1. The Hall–Kier alpha value is -3.35. The van der Waals surface area contributed by atoms with Crippen LogP contribution in [-0.2, 0) is 13.1 Å². The van der Waals surface area contributed by atoms with E-state index in [0.717, 1.165) is 56.9 Å². The second-order valence-corrected chi connectivity index (χ2v) is 7.49. The minimum absolute atomic E-state index is 0.754. The van der Waals surface area contributed by atoms with Gasteiger partial charge in [0.15, 0.2) is 5.96 Å². The number of aliphatic imine (C=N–C) groups is 1. The zero-order valence-electron chi connectivity index (χ0n) is 17.7. The summed E-state index contributed by atoms with van der Waals surface area (Å²) in [7, 11) is 1.85. The molecule has 2 aromatic heterocycles. The zero-order valence-corrected chi connectivity index (χ0v) is 17.7. The maximum atomic E-state index is 4.50. The number of imidazole rings is 1. The Morgan fingerprint density at radius 2 is 1.83 bits per heavy atom. The van der Waals surface area contributed by atoms with Crippen molar-refractivity contribution >= 4 is 11.8 Å². The molecule has 30 heavy (non-hydrogen) atoms. The molecule has 4 rings (SSSR count). The Balaban J connectivity index is 1.32. The number of pyridine rings is 1. The first-order valence-electron chi connectivity index (χ1n) is 10.4. The number of aryl methyl sites for hydroxylation is 1. The minimum atomic E-state index is 0.754. The van der Waals surface area contributed by atoms with E-state index in [1.807, 2.05) is 44.7 Å².